The molecule has 0 bridgehead atoms. The van der Waals surface area contributed by atoms with Gasteiger partial charge in [-0.3, -0.25) is 14.4 Å². The van der Waals surface area contributed by atoms with Crippen LogP contribution in [0.3, 0.4) is 0 Å². The van der Waals surface area contributed by atoms with Gasteiger partial charge in [0.1, 0.15) is 5.60 Å². The number of allylic oxidation sites excluding steroid dienone is 1. The molecule has 0 aromatic carbocycles. The van der Waals surface area contributed by atoms with Gasteiger partial charge in [0.25, 0.3) is 0 Å². The van der Waals surface area contributed by atoms with Gasteiger partial charge in [-0.2, -0.15) is 0 Å². The summed E-state index contributed by atoms with van der Waals surface area (Å²) in [5.41, 5.74) is -0.468. The van der Waals surface area contributed by atoms with E-state index < -0.39 is 17.0 Å². The molecular weight excluding hydrogens is 483 g/mol. The zero-order valence-electron chi connectivity index (χ0n) is 17.3. The van der Waals surface area contributed by atoms with Gasteiger partial charge in [0.2, 0.25) is 5.78 Å². The Morgan fingerprint density at radius 1 is 1.14 bits per heavy atom. The molecule has 5 nitrogen and oxygen atoms in total. The number of hydrogen-bond donors (Lipinski definition) is 1. The smallest absolute Gasteiger partial charge is 0.316 e. The number of Topliss-reactive ketones (excluding diaryl/α,β-unsaturated/α-hetero) is 1. The van der Waals surface area contributed by atoms with Gasteiger partial charge in [-0.15, -0.1) is 0 Å². The van der Waals surface area contributed by atoms with Crippen molar-refractivity contribution in [3.63, 3.8) is 0 Å². The summed E-state index contributed by atoms with van der Waals surface area (Å²) in [6, 6.07) is 0. The summed E-state index contributed by atoms with van der Waals surface area (Å²) in [4.78, 5) is 36.4. The van der Waals surface area contributed by atoms with Gasteiger partial charge < -0.3 is 9.84 Å². The second-order valence-corrected chi connectivity index (χ2v) is 10.8. The topological polar surface area (TPSA) is 80.7 Å². The number of carbonyl (C=O) groups is 3. The molecule has 6 atom stereocenters. The molecule has 4 rings (SSSR count). The highest BCUT2D eigenvalue weighted by molar-refractivity contribution is 14.1. The minimum absolute atomic E-state index is 0.0820. The number of ketones is 2. The van der Waals surface area contributed by atoms with Crippen molar-refractivity contribution in [1.29, 1.82) is 0 Å². The van der Waals surface area contributed by atoms with E-state index in [1.165, 1.54) is 5.57 Å². The number of ether oxygens (including phenoxy) is 1. The maximum atomic E-state index is 13.0. The van der Waals surface area contributed by atoms with Gasteiger partial charge in [-0.25, -0.2) is 0 Å². The quantitative estimate of drug-likeness (QED) is 0.351. The molecule has 160 valence electrons. The molecule has 1 N–H and O–H groups in total. The van der Waals surface area contributed by atoms with E-state index in [4.69, 9.17) is 4.74 Å². The fourth-order valence-corrected chi connectivity index (χ4v) is 7.56. The SMILES string of the molecule is CC12CCC(=O)C=C1CCC1C2CCC2(C)C1CCC2(O)C(=O)COC(=O)CI. The standard InChI is InChI=1S/C23H31IO5/c1-21-8-5-15(25)11-14(21)3-4-16-17(21)6-9-22(2)18(16)7-10-23(22,28)19(26)13-29-20(27)12-24/h11,16-18,28H,3-10,12-13H2,1-2H3. The number of alkyl halides is 1. The van der Waals surface area contributed by atoms with Crippen LogP contribution in [0.15, 0.2) is 11.6 Å². The molecule has 0 amide bonds. The predicted molar refractivity (Wildman–Crippen MR) is 117 cm³/mol. The average molecular weight is 514 g/mol. The van der Waals surface area contributed by atoms with E-state index in [2.05, 4.69) is 13.8 Å². The molecule has 0 aliphatic heterocycles. The number of fused-ring (bicyclic) bond motifs is 5. The molecule has 3 fully saturated rings. The molecule has 0 aromatic heterocycles. The van der Waals surface area contributed by atoms with Crippen LogP contribution in [0.2, 0.25) is 0 Å². The average Bonchev–Trinajstić information content (AvgIpc) is 2.98. The number of esters is 1. The number of carbonyl (C=O) groups excluding carboxylic acids is 3. The summed E-state index contributed by atoms with van der Waals surface area (Å²) < 4.78 is 5.26. The molecule has 0 saturated heterocycles. The minimum atomic E-state index is -1.41. The van der Waals surface area contributed by atoms with Crippen LogP contribution < -0.4 is 0 Å². The van der Waals surface area contributed by atoms with E-state index in [9.17, 15) is 19.5 Å². The Labute approximate surface area is 186 Å². The zero-order valence-corrected chi connectivity index (χ0v) is 19.5. The summed E-state index contributed by atoms with van der Waals surface area (Å²) >= 11 is 1.91. The highest BCUT2D eigenvalue weighted by Gasteiger charge is 2.66. The Bertz CT molecular complexity index is 775. The minimum Gasteiger partial charge on any atom is -0.457 e. The monoisotopic (exact) mass is 514 g/mol. The van der Waals surface area contributed by atoms with E-state index in [0.717, 1.165) is 38.5 Å². The predicted octanol–water partition coefficient (Wildman–Crippen LogP) is 3.80. The van der Waals surface area contributed by atoms with Crippen molar-refractivity contribution in [2.24, 2.45) is 28.6 Å². The Morgan fingerprint density at radius 2 is 1.86 bits per heavy atom. The van der Waals surface area contributed by atoms with E-state index in [1.807, 2.05) is 28.7 Å². The first-order valence-corrected chi connectivity index (χ1v) is 12.4. The molecule has 4 aliphatic rings. The molecule has 0 spiro atoms. The number of aliphatic hydroxyl groups is 1. The normalized spacial score (nSPS) is 43.7. The molecular formula is C23H31IO5. The van der Waals surface area contributed by atoms with Gasteiger partial charge in [0.05, 0.1) is 4.43 Å². The zero-order chi connectivity index (χ0) is 21.0. The molecule has 0 radical (unpaired) electrons. The van der Waals surface area contributed by atoms with Gasteiger partial charge in [-0.05, 0) is 74.2 Å². The third-order valence-electron chi connectivity index (χ3n) is 9.05. The molecule has 3 saturated carbocycles. The summed E-state index contributed by atoms with van der Waals surface area (Å²) in [7, 11) is 0. The fraction of sp³-hybridized carbons (Fsp3) is 0.783. The van der Waals surface area contributed by atoms with Crippen molar-refractivity contribution in [3.05, 3.63) is 11.6 Å². The second kappa shape index (κ2) is 7.43. The summed E-state index contributed by atoms with van der Waals surface area (Å²) in [5, 5.41) is 11.5. The lowest BCUT2D eigenvalue weighted by atomic mass is 9.46. The van der Waals surface area contributed by atoms with Crippen molar-refractivity contribution in [3.8, 4) is 0 Å². The fourth-order valence-electron chi connectivity index (χ4n) is 7.34. The molecule has 4 aliphatic carbocycles. The van der Waals surface area contributed by atoms with Crippen molar-refractivity contribution in [1.82, 2.24) is 0 Å². The van der Waals surface area contributed by atoms with E-state index in [1.54, 1.807) is 0 Å². The van der Waals surface area contributed by atoms with Crippen LogP contribution in [0.5, 0.6) is 0 Å². The lowest BCUT2D eigenvalue weighted by molar-refractivity contribution is -0.169. The van der Waals surface area contributed by atoms with Gasteiger partial charge >= 0.3 is 5.97 Å². The van der Waals surface area contributed by atoms with E-state index in [0.29, 0.717) is 30.6 Å². The van der Waals surface area contributed by atoms with Crippen LogP contribution in [0.1, 0.15) is 65.2 Å². The third-order valence-corrected chi connectivity index (χ3v) is 9.67. The lowest BCUT2D eigenvalue weighted by Gasteiger charge is -2.58. The summed E-state index contributed by atoms with van der Waals surface area (Å²) in [6.07, 6.45) is 8.53. The van der Waals surface area contributed by atoms with Gasteiger partial charge in [0, 0.05) is 11.8 Å². The number of halogens is 1. The number of hydrogen-bond acceptors (Lipinski definition) is 5. The Balaban J connectivity index is 1.57. The second-order valence-electron chi connectivity index (χ2n) is 10.0. The Morgan fingerprint density at radius 3 is 2.59 bits per heavy atom. The Hall–Kier alpha value is -0.760. The van der Waals surface area contributed by atoms with Crippen LogP contribution in [0.4, 0.5) is 0 Å². The van der Waals surface area contributed by atoms with Gasteiger partial charge in [-0.1, -0.05) is 42.0 Å². The van der Waals surface area contributed by atoms with Crippen LogP contribution >= 0.6 is 22.6 Å². The molecule has 0 heterocycles. The highest BCUT2D eigenvalue weighted by atomic mass is 127. The highest BCUT2D eigenvalue weighted by Crippen LogP contribution is 2.67. The van der Waals surface area contributed by atoms with Crippen LogP contribution in [-0.2, 0) is 19.1 Å². The third kappa shape index (κ3) is 3.15. The molecule has 29 heavy (non-hydrogen) atoms. The number of rotatable bonds is 4. The first-order chi connectivity index (χ1) is 13.7. The van der Waals surface area contributed by atoms with Crippen molar-refractivity contribution in [2.45, 2.75) is 70.8 Å². The van der Waals surface area contributed by atoms with Crippen molar-refractivity contribution < 1.29 is 24.2 Å². The summed E-state index contributed by atoms with van der Waals surface area (Å²) in [5.74, 6) is 0.790. The Kier molecular flexibility index (Phi) is 5.50. The van der Waals surface area contributed by atoms with Crippen LogP contribution in [-0.4, -0.2) is 39.3 Å². The molecule has 0 aromatic rings. The van der Waals surface area contributed by atoms with Crippen LogP contribution in [0, 0.1) is 28.6 Å². The van der Waals surface area contributed by atoms with Gasteiger partial charge in [0.15, 0.2) is 12.4 Å². The van der Waals surface area contributed by atoms with E-state index in [-0.39, 0.29) is 28.0 Å². The van der Waals surface area contributed by atoms with Crippen LogP contribution in [0.25, 0.3) is 0 Å². The van der Waals surface area contributed by atoms with Crippen molar-refractivity contribution >= 4 is 40.1 Å². The van der Waals surface area contributed by atoms with E-state index >= 15 is 0 Å². The summed E-state index contributed by atoms with van der Waals surface area (Å²) in [6.45, 7) is 4.08. The van der Waals surface area contributed by atoms with Crippen molar-refractivity contribution in [2.75, 3.05) is 11.0 Å². The maximum Gasteiger partial charge on any atom is 0.316 e. The largest absolute Gasteiger partial charge is 0.457 e. The maximum absolute atomic E-state index is 13.0. The first kappa shape index (κ1) is 21.5. The molecule has 6 heteroatoms. The first-order valence-electron chi connectivity index (χ1n) is 10.9. The lowest BCUT2D eigenvalue weighted by Crippen LogP contribution is -2.58. The molecule has 6 unspecified atom stereocenters.